The smallest absolute Gasteiger partial charge is 0.321 e. The second-order valence-electron chi connectivity index (χ2n) is 6.03. The molecule has 1 fully saturated rings. The third-order valence-electron chi connectivity index (χ3n) is 4.34. The molecule has 0 aliphatic carbocycles. The summed E-state index contributed by atoms with van der Waals surface area (Å²) in [5.74, 6) is 0. The summed E-state index contributed by atoms with van der Waals surface area (Å²) in [4.78, 5) is 16.5. The van der Waals surface area contributed by atoms with E-state index in [9.17, 15) is 4.79 Å². The van der Waals surface area contributed by atoms with E-state index in [1.54, 1.807) is 24.3 Å². The molecule has 0 unspecified atom stereocenters. The molecule has 0 radical (unpaired) electrons. The van der Waals surface area contributed by atoms with Crippen molar-refractivity contribution in [1.29, 1.82) is 5.26 Å². The average Bonchev–Trinajstić information content (AvgIpc) is 2.65. The lowest BCUT2D eigenvalue weighted by molar-refractivity contribution is 0.208. The number of nitriles is 1. The van der Waals surface area contributed by atoms with Crippen molar-refractivity contribution in [2.75, 3.05) is 36.4 Å². The first-order chi connectivity index (χ1) is 12.1. The molecule has 6 heteroatoms. The molecule has 0 aromatic heterocycles. The maximum Gasteiger partial charge on any atom is 0.321 e. The Hall–Kier alpha value is -2.52. The van der Waals surface area contributed by atoms with Crippen LogP contribution in [0.15, 0.2) is 46.9 Å². The lowest BCUT2D eigenvalue weighted by atomic mass is 10.2. The Balaban J connectivity index is 1.56. The van der Waals surface area contributed by atoms with Crippen LogP contribution in [0.25, 0.3) is 0 Å². The molecule has 25 heavy (non-hydrogen) atoms. The minimum Gasteiger partial charge on any atom is -0.368 e. The maximum atomic E-state index is 12.4. The Morgan fingerprint density at radius 2 is 1.80 bits per heavy atom. The van der Waals surface area contributed by atoms with Crippen LogP contribution in [0.2, 0.25) is 0 Å². The first kappa shape index (κ1) is 17.3. The number of amides is 2. The lowest BCUT2D eigenvalue weighted by Crippen LogP contribution is -2.50. The van der Waals surface area contributed by atoms with Crippen LogP contribution in [0.3, 0.4) is 0 Å². The van der Waals surface area contributed by atoms with Crippen LogP contribution < -0.4 is 10.2 Å². The molecular weight excluding hydrogens is 380 g/mol. The van der Waals surface area contributed by atoms with Gasteiger partial charge in [-0.15, -0.1) is 0 Å². The van der Waals surface area contributed by atoms with E-state index in [1.807, 2.05) is 4.90 Å². The molecule has 1 N–H and O–H groups in total. The summed E-state index contributed by atoms with van der Waals surface area (Å²) >= 11 is 3.53. The maximum absolute atomic E-state index is 12.4. The number of nitrogens with one attached hydrogen (secondary N) is 1. The average molecular weight is 399 g/mol. The van der Waals surface area contributed by atoms with Crippen molar-refractivity contribution in [3.05, 3.63) is 58.1 Å². The highest BCUT2D eigenvalue weighted by Gasteiger charge is 2.21. The molecule has 2 aromatic carbocycles. The number of carbonyl (C=O) groups excluding carboxylic acids is 1. The molecule has 1 aliphatic rings. The van der Waals surface area contributed by atoms with Crippen LogP contribution in [-0.2, 0) is 0 Å². The Labute approximate surface area is 156 Å². The first-order valence-electron chi connectivity index (χ1n) is 8.14. The van der Waals surface area contributed by atoms with Gasteiger partial charge in [0.1, 0.15) is 0 Å². The van der Waals surface area contributed by atoms with Crippen molar-refractivity contribution in [2.45, 2.75) is 6.92 Å². The lowest BCUT2D eigenvalue weighted by Gasteiger charge is -2.36. The number of hydrogen-bond donors (Lipinski definition) is 1. The summed E-state index contributed by atoms with van der Waals surface area (Å²) in [6, 6.07) is 15.2. The molecule has 0 saturated carbocycles. The summed E-state index contributed by atoms with van der Waals surface area (Å²) in [6.45, 7) is 5.05. The Kier molecular flexibility index (Phi) is 5.25. The molecular formula is C19H19BrN4O. The van der Waals surface area contributed by atoms with Crippen molar-refractivity contribution in [3.8, 4) is 6.07 Å². The summed E-state index contributed by atoms with van der Waals surface area (Å²) in [5, 5.41) is 11.7. The zero-order chi connectivity index (χ0) is 17.8. The van der Waals surface area contributed by atoms with Gasteiger partial charge in [0.15, 0.2) is 0 Å². The standard InChI is InChI=1S/C19H19BrN4O/c1-14-12-17(6-7-18(14)20)23-8-10-24(11-9-23)19(25)22-16-4-2-15(13-21)3-5-16/h2-7,12H,8-11H2,1H3,(H,22,25). The van der Waals surface area contributed by atoms with Crippen LogP contribution in [0, 0.1) is 18.3 Å². The van der Waals surface area contributed by atoms with Crippen LogP contribution >= 0.6 is 15.9 Å². The van der Waals surface area contributed by atoms with E-state index in [0.29, 0.717) is 24.3 Å². The number of urea groups is 1. The molecule has 0 spiro atoms. The van der Waals surface area contributed by atoms with Gasteiger partial charge in [-0.1, -0.05) is 15.9 Å². The third-order valence-corrected chi connectivity index (χ3v) is 5.23. The predicted octanol–water partition coefficient (Wildman–Crippen LogP) is 3.98. The van der Waals surface area contributed by atoms with Crippen LogP contribution in [0.5, 0.6) is 0 Å². The Bertz CT molecular complexity index is 805. The number of aryl methyl sites for hydroxylation is 1. The summed E-state index contributed by atoms with van der Waals surface area (Å²) in [7, 11) is 0. The molecule has 1 aliphatic heterocycles. The van der Waals surface area contributed by atoms with Gasteiger partial charge in [-0.05, 0) is 55.0 Å². The number of benzene rings is 2. The van der Waals surface area contributed by atoms with Gasteiger partial charge in [-0.2, -0.15) is 5.26 Å². The molecule has 3 rings (SSSR count). The van der Waals surface area contributed by atoms with Crippen molar-refractivity contribution < 1.29 is 4.79 Å². The topological polar surface area (TPSA) is 59.4 Å². The van der Waals surface area contributed by atoms with Gasteiger partial charge < -0.3 is 15.1 Å². The van der Waals surface area contributed by atoms with Crippen molar-refractivity contribution in [1.82, 2.24) is 4.90 Å². The Morgan fingerprint density at radius 3 is 2.40 bits per heavy atom. The minimum atomic E-state index is -0.101. The van der Waals surface area contributed by atoms with E-state index in [0.717, 1.165) is 17.6 Å². The van der Waals surface area contributed by atoms with Gasteiger partial charge in [0.25, 0.3) is 0 Å². The fourth-order valence-electron chi connectivity index (χ4n) is 2.82. The fraction of sp³-hybridized carbons (Fsp3) is 0.263. The number of hydrogen-bond acceptors (Lipinski definition) is 3. The van der Waals surface area contributed by atoms with E-state index in [4.69, 9.17) is 5.26 Å². The summed E-state index contributed by atoms with van der Waals surface area (Å²) in [6.07, 6.45) is 0. The van der Waals surface area contributed by atoms with E-state index in [-0.39, 0.29) is 6.03 Å². The van der Waals surface area contributed by atoms with E-state index in [1.165, 1.54) is 11.3 Å². The van der Waals surface area contributed by atoms with Crippen molar-refractivity contribution in [3.63, 3.8) is 0 Å². The van der Waals surface area contributed by atoms with Gasteiger partial charge in [0, 0.05) is 42.0 Å². The quantitative estimate of drug-likeness (QED) is 0.831. The largest absolute Gasteiger partial charge is 0.368 e. The van der Waals surface area contributed by atoms with Crippen molar-refractivity contribution >= 4 is 33.3 Å². The molecule has 1 heterocycles. The number of anilines is 2. The summed E-state index contributed by atoms with van der Waals surface area (Å²) < 4.78 is 1.11. The van der Waals surface area contributed by atoms with E-state index >= 15 is 0 Å². The number of rotatable bonds is 2. The molecule has 0 atom stereocenters. The van der Waals surface area contributed by atoms with Gasteiger partial charge in [-0.3, -0.25) is 0 Å². The van der Waals surface area contributed by atoms with Crippen LogP contribution in [-0.4, -0.2) is 37.1 Å². The highest BCUT2D eigenvalue weighted by Crippen LogP contribution is 2.24. The van der Waals surface area contributed by atoms with Gasteiger partial charge >= 0.3 is 6.03 Å². The minimum absolute atomic E-state index is 0.101. The number of nitrogens with zero attached hydrogens (tertiary/aromatic N) is 3. The first-order valence-corrected chi connectivity index (χ1v) is 8.93. The van der Waals surface area contributed by atoms with Crippen LogP contribution in [0.4, 0.5) is 16.2 Å². The molecule has 2 amide bonds. The zero-order valence-corrected chi connectivity index (χ0v) is 15.6. The molecule has 2 aromatic rings. The molecule has 1 saturated heterocycles. The van der Waals surface area contributed by atoms with Gasteiger partial charge in [0.05, 0.1) is 11.6 Å². The monoisotopic (exact) mass is 398 g/mol. The second-order valence-corrected chi connectivity index (χ2v) is 6.88. The molecule has 5 nitrogen and oxygen atoms in total. The fourth-order valence-corrected chi connectivity index (χ4v) is 3.07. The second kappa shape index (κ2) is 7.58. The summed E-state index contributed by atoms with van der Waals surface area (Å²) in [5.41, 5.74) is 3.68. The third kappa shape index (κ3) is 4.12. The van der Waals surface area contributed by atoms with Crippen molar-refractivity contribution in [2.24, 2.45) is 0 Å². The van der Waals surface area contributed by atoms with Crippen LogP contribution in [0.1, 0.15) is 11.1 Å². The SMILES string of the molecule is Cc1cc(N2CCN(C(=O)Nc3ccc(C#N)cc3)CC2)ccc1Br. The number of halogens is 1. The Morgan fingerprint density at radius 1 is 1.12 bits per heavy atom. The van der Waals surface area contributed by atoms with E-state index < -0.39 is 0 Å². The highest BCUT2D eigenvalue weighted by molar-refractivity contribution is 9.10. The van der Waals surface area contributed by atoms with Gasteiger partial charge in [0.2, 0.25) is 0 Å². The number of carbonyl (C=O) groups is 1. The normalized spacial score (nSPS) is 14.1. The van der Waals surface area contributed by atoms with Gasteiger partial charge in [-0.25, -0.2) is 4.79 Å². The van der Waals surface area contributed by atoms with E-state index in [2.05, 4.69) is 57.3 Å². The molecule has 0 bridgehead atoms. The highest BCUT2D eigenvalue weighted by atomic mass is 79.9. The number of piperazine rings is 1. The zero-order valence-electron chi connectivity index (χ0n) is 14.0. The molecule has 128 valence electrons. The predicted molar refractivity (Wildman–Crippen MR) is 103 cm³/mol.